The highest BCUT2D eigenvalue weighted by Gasteiger charge is 2.05. The third-order valence-electron chi connectivity index (χ3n) is 2.24. The third kappa shape index (κ3) is 3.45. The molecule has 1 aromatic carbocycles. The van der Waals surface area contributed by atoms with Crippen molar-refractivity contribution < 1.29 is 4.79 Å². The molecule has 2 rings (SSSR count). The van der Waals surface area contributed by atoms with Gasteiger partial charge in [-0.1, -0.05) is 29.8 Å². The van der Waals surface area contributed by atoms with E-state index in [-0.39, 0.29) is 6.03 Å². The van der Waals surface area contributed by atoms with E-state index in [0.29, 0.717) is 16.7 Å². The van der Waals surface area contributed by atoms with Crippen LogP contribution in [0.5, 0.6) is 0 Å². The van der Waals surface area contributed by atoms with Crippen LogP contribution in [0.4, 0.5) is 9.93 Å². The van der Waals surface area contributed by atoms with Gasteiger partial charge in [0.1, 0.15) is 0 Å². The number of benzene rings is 1. The highest BCUT2D eigenvalue weighted by Crippen LogP contribution is 2.15. The first-order valence-electron chi connectivity index (χ1n) is 5.35. The van der Waals surface area contributed by atoms with E-state index in [1.165, 1.54) is 11.3 Å². The van der Waals surface area contributed by atoms with Crippen LogP contribution >= 0.6 is 22.9 Å². The molecule has 1 heterocycles. The van der Waals surface area contributed by atoms with E-state index < -0.39 is 0 Å². The molecule has 1 aromatic heterocycles. The van der Waals surface area contributed by atoms with Gasteiger partial charge in [-0.3, -0.25) is 5.32 Å². The van der Waals surface area contributed by atoms with Crippen molar-refractivity contribution in [3.05, 3.63) is 45.9 Å². The summed E-state index contributed by atoms with van der Waals surface area (Å²) in [5, 5.41) is 8.50. The molecule has 2 aromatic rings. The van der Waals surface area contributed by atoms with E-state index in [9.17, 15) is 4.79 Å². The maximum absolute atomic E-state index is 11.6. The third-order valence-corrected chi connectivity index (χ3v) is 3.48. The van der Waals surface area contributed by atoms with Crippen LogP contribution in [-0.4, -0.2) is 11.0 Å². The molecule has 0 atom stereocenters. The number of nitrogens with zero attached hydrogens (tertiary/aromatic N) is 1. The molecule has 0 saturated heterocycles. The topological polar surface area (TPSA) is 54.0 Å². The zero-order valence-corrected chi connectivity index (χ0v) is 11.3. The van der Waals surface area contributed by atoms with E-state index in [0.717, 1.165) is 11.3 Å². The smallest absolute Gasteiger partial charge is 0.321 e. The van der Waals surface area contributed by atoms with E-state index in [1.54, 1.807) is 6.07 Å². The minimum atomic E-state index is -0.288. The van der Waals surface area contributed by atoms with Gasteiger partial charge in [-0.2, -0.15) is 0 Å². The first kappa shape index (κ1) is 12.9. The second kappa shape index (κ2) is 5.84. The highest BCUT2D eigenvalue weighted by atomic mass is 35.5. The van der Waals surface area contributed by atoms with Crippen molar-refractivity contribution >= 4 is 34.1 Å². The summed E-state index contributed by atoms with van der Waals surface area (Å²) in [5.41, 5.74) is 1.77. The lowest BCUT2D eigenvalue weighted by Crippen LogP contribution is -2.28. The van der Waals surface area contributed by atoms with E-state index in [2.05, 4.69) is 15.6 Å². The number of aryl methyl sites for hydroxylation is 1. The van der Waals surface area contributed by atoms with Crippen molar-refractivity contribution in [3.8, 4) is 0 Å². The van der Waals surface area contributed by atoms with Crippen molar-refractivity contribution in [2.45, 2.75) is 13.5 Å². The van der Waals surface area contributed by atoms with Crippen LogP contribution in [-0.2, 0) is 6.54 Å². The molecule has 0 bridgehead atoms. The molecule has 6 heteroatoms. The fourth-order valence-corrected chi connectivity index (χ4v) is 2.26. The summed E-state index contributed by atoms with van der Waals surface area (Å²) in [6.45, 7) is 2.26. The first-order valence-corrected chi connectivity index (χ1v) is 6.61. The van der Waals surface area contributed by atoms with Crippen LogP contribution in [0.3, 0.4) is 0 Å². The zero-order chi connectivity index (χ0) is 13.0. The standard InChI is InChI=1S/C12H12ClN3OS/c1-8-7-18-12(15-8)16-11(17)14-6-9-4-2-3-5-10(9)13/h2-5,7H,6H2,1H3,(H2,14,15,16,17). The Bertz CT molecular complexity index is 556. The Morgan fingerprint density at radius 1 is 1.44 bits per heavy atom. The summed E-state index contributed by atoms with van der Waals surface area (Å²) in [7, 11) is 0. The first-order chi connectivity index (χ1) is 8.65. The Morgan fingerprint density at radius 3 is 2.89 bits per heavy atom. The Labute approximate surface area is 114 Å². The highest BCUT2D eigenvalue weighted by molar-refractivity contribution is 7.13. The maximum atomic E-state index is 11.6. The fraction of sp³-hybridized carbons (Fsp3) is 0.167. The summed E-state index contributed by atoms with van der Waals surface area (Å²) in [6, 6.07) is 7.11. The summed E-state index contributed by atoms with van der Waals surface area (Å²) >= 11 is 7.38. The molecule has 0 aliphatic carbocycles. The van der Waals surface area contributed by atoms with Gasteiger partial charge >= 0.3 is 6.03 Å². The number of thiazole rings is 1. The van der Waals surface area contributed by atoms with Gasteiger partial charge in [-0.25, -0.2) is 9.78 Å². The van der Waals surface area contributed by atoms with Crippen LogP contribution in [0.1, 0.15) is 11.3 Å². The van der Waals surface area contributed by atoms with Gasteiger partial charge in [0, 0.05) is 16.9 Å². The summed E-state index contributed by atoms with van der Waals surface area (Å²) in [5.74, 6) is 0. The largest absolute Gasteiger partial charge is 0.334 e. The molecule has 2 N–H and O–H groups in total. The van der Waals surface area contributed by atoms with Gasteiger partial charge < -0.3 is 5.32 Å². The number of hydrogen-bond donors (Lipinski definition) is 2. The Balaban J connectivity index is 1.87. The quantitative estimate of drug-likeness (QED) is 0.906. The molecule has 4 nitrogen and oxygen atoms in total. The summed E-state index contributed by atoms with van der Waals surface area (Å²) in [6.07, 6.45) is 0. The van der Waals surface area contributed by atoms with Crippen LogP contribution in [0.15, 0.2) is 29.6 Å². The molecular weight excluding hydrogens is 270 g/mol. The number of carbonyl (C=O) groups excluding carboxylic acids is 1. The maximum Gasteiger partial charge on any atom is 0.321 e. The van der Waals surface area contributed by atoms with E-state index in [4.69, 9.17) is 11.6 Å². The number of nitrogens with one attached hydrogen (secondary N) is 2. The van der Waals surface area contributed by atoms with Crippen molar-refractivity contribution in [2.24, 2.45) is 0 Å². The summed E-state index contributed by atoms with van der Waals surface area (Å²) in [4.78, 5) is 15.8. The van der Waals surface area contributed by atoms with Crippen molar-refractivity contribution in [2.75, 3.05) is 5.32 Å². The lowest BCUT2D eigenvalue weighted by molar-refractivity contribution is 0.251. The Morgan fingerprint density at radius 2 is 2.22 bits per heavy atom. The number of aromatic nitrogens is 1. The van der Waals surface area contributed by atoms with Gasteiger partial charge in [0.15, 0.2) is 5.13 Å². The van der Waals surface area contributed by atoms with Crippen molar-refractivity contribution in [1.82, 2.24) is 10.3 Å². The number of hydrogen-bond acceptors (Lipinski definition) is 3. The number of rotatable bonds is 3. The van der Waals surface area contributed by atoms with E-state index >= 15 is 0 Å². The number of anilines is 1. The molecule has 2 amide bonds. The molecule has 0 aliphatic heterocycles. The lowest BCUT2D eigenvalue weighted by atomic mass is 10.2. The molecule has 0 radical (unpaired) electrons. The second-order valence-corrected chi connectivity index (χ2v) is 4.96. The minimum Gasteiger partial charge on any atom is -0.334 e. The van der Waals surface area contributed by atoms with Gasteiger partial charge in [0.05, 0.1) is 5.69 Å². The van der Waals surface area contributed by atoms with Gasteiger partial charge in [0.25, 0.3) is 0 Å². The predicted octanol–water partition coefficient (Wildman–Crippen LogP) is 3.43. The van der Waals surface area contributed by atoms with Crippen LogP contribution in [0.2, 0.25) is 5.02 Å². The molecule has 0 fully saturated rings. The molecular formula is C12H12ClN3OS. The fourth-order valence-electron chi connectivity index (χ4n) is 1.37. The molecule has 0 spiro atoms. The second-order valence-electron chi connectivity index (χ2n) is 3.69. The Hall–Kier alpha value is -1.59. The molecule has 0 aliphatic rings. The average Bonchev–Trinajstić information content (AvgIpc) is 2.74. The van der Waals surface area contributed by atoms with Crippen molar-refractivity contribution in [3.63, 3.8) is 0 Å². The van der Waals surface area contributed by atoms with Gasteiger partial charge in [-0.15, -0.1) is 11.3 Å². The normalized spacial score (nSPS) is 10.1. The number of urea groups is 1. The predicted molar refractivity (Wildman–Crippen MR) is 74.2 cm³/mol. The number of carbonyl (C=O) groups is 1. The van der Waals surface area contributed by atoms with Crippen LogP contribution < -0.4 is 10.6 Å². The van der Waals surface area contributed by atoms with Crippen LogP contribution in [0.25, 0.3) is 0 Å². The van der Waals surface area contributed by atoms with Crippen molar-refractivity contribution in [1.29, 1.82) is 0 Å². The molecule has 0 unspecified atom stereocenters. The molecule has 18 heavy (non-hydrogen) atoms. The lowest BCUT2D eigenvalue weighted by Gasteiger charge is -2.06. The average molecular weight is 282 g/mol. The van der Waals surface area contributed by atoms with Gasteiger partial charge in [-0.05, 0) is 18.6 Å². The Kier molecular flexibility index (Phi) is 4.17. The summed E-state index contributed by atoms with van der Waals surface area (Å²) < 4.78 is 0. The number of amides is 2. The molecule has 94 valence electrons. The molecule has 0 saturated carbocycles. The minimum absolute atomic E-state index is 0.288. The number of halogens is 1. The van der Waals surface area contributed by atoms with Gasteiger partial charge in [0.2, 0.25) is 0 Å². The zero-order valence-electron chi connectivity index (χ0n) is 9.74. The van der Waals surface area contributed by atoms with E-state index in [1.807, 2.05) is 30.5 Å². The monoisotopic (exact) mass is 281 g/mol. The SMILES string of the molecule is Cc1csc(NC(=O)NCc2ccccc2Cl)n1. The van der Waals surface area contributed by atoms with Crippen LogP contribution in [0, 0.1) is 6.92 Å².